The normalized spacial score (nSPS) is 20.0. The molecule has 132 valence electrons. The second-order valence-corrected chi connectivity index (χ2v) is 7.20. The fourth-order valence-corrected chi connectivity index (χ4v) is 4.70. The molecule has 0 aromatic heterocycles. The minimum absolute atomic E-state index is 0.219. The van der Waals surface area contributed by atoms with E-state index in [9.17, 15) is 0 Å². The van der Waals surface area contributed by atoms with Crippen LogP contribution in [0.2, 0.25) is 0 Å². The fraction of sp³-hybridized carbons (Fsp3) is 0.619. The minimum atomic E-state index is -0.219. The van der Waals surface area contributed by atoms with Gasteiger partial charge in [-0.3, -0.25) is 0 Å². The van der Waals surface area contributed by atoms with E-state index in [0.717, 1.165) is 0 Å². The van der Waals surface area contributed by atoms with Crippen molar-refractivity contribution in [3.05, 3.63) is 40.5 Å². The van der Waals surface area contributed by atoms with Gasteiger partial charge < -0.3 is 14.2 Å². The van der Waals surface area contributed by atoms with E-state index >= 15 is 0 Å². The molecule has 3 rings (SSSR count). The Hall–Kier alpha value is -1.16. The standard InChI is InChI=1S/C21H30O3/c1-22-13-18-12-17-10-7-11-19(16-8-5-4-6-9-16)20(17)21(18,14-23-2)15-24-3/h7,10-12,16H,4-6,8-9,13-15H2,1-3H3. The highest BCUT2D eigenvalue weighted by molar-refractivity contribution is 5.72. The van der Waals surface area contributed by atoms with Gasteiger partial charge >= 0.3 is 0 Å². The van der Waals surface area contributed by atoms with E-state index in [2.05, 4.69) is 24.3 Å². The molecule has 3 nitrogen and oxygen atoms in total. The Labute approximate surface area is 146 Å². The smallest absolute Gasteiger partial charge is 0.0686 e. The molecule has 1 aromatic carbocycles. The Morgan fingerprint density at radius 2 is 1.67 bits per heavy atom. The van der Waals surface area contributed by atoms with Gasteiger partial charge in [-0.25, -0.2) is 0 Å². The number of ether oxygens (including phenoxy) is 3. The van der Waals surface area contributed by atoms with Crippen molar-refractivity contribution in [3.63, 3.8) is 0 Å². The minimum Gasteiger partial charge on any atom is -0.383 e. The van der Waals surface area contributed by atoms with Crippen LogP contribution in [0.1, 0.15) is 54.7 Å². The maximum atomic E-state index is 5.68. The Morgan fingerprint density at radius 1 is 0.958 bits per heavy atom. The molecule has 2 aliphatic rings. The molecule has 0 unspecified atom stereocenters. The second-order valence-electron chi connectivity index (χ2n) is 7.20. The number of benzene rings is 1. The molecule has 1 aromatic rings. The highest BCUT2D eigenvalue weighted by atomic mass is 16.5. The second kappa shape index (κ2) is 7.81. The predicted molar refractivity (Wildman–Crippen MR) is 97.6 cm³/mol. The quantitative estimate of drug-likeness (QED) is 0.746. The number of rotatable bonds is 7. The van der Waals surface area contributed by atoms with Gasteiger partial charge in [0, 0.05) is 21.3 Å². The van der Waals surface area contributed by atoms with Crippen LogP contribution in [0.4, 0.5) is 0 Å². The molecule has 0 spiro atoms. The van der Waals surface area contributed by atoms with Crippen LogP contribution >= 0.6 is 0 Å². The van der Waals surface area contributed by atoms with E-state index in [1.54, 1.807) is 21.3 Å². The number of hydrogen-bond donors (Lipinski definition) is 0. The van der Waals surface area contributed by atoms with Gasteiger partial charge in [-0.05, 0) is 41.0 Å². The van der Waals surface area contributed by atoms with E-state index < -0.39 is 0 Å². The number of hydrogen-bond acceptors (Lipinski definition) is 3. The van der Waals surface area contributed by atoms with E-state index in [0.29, 0.717) is 25.7 Å². The first kappa shape index (κ1) is 17.7. The highest BCUT2D eigenvalue weighted by Gasteiger charge is 2.44. The molecule has 24 heavy (non-hydrogen) atoms. The predicted octanol–water partition coefficient (Wildman–Crippen LogP) is 4.31. The summed E-state index contributed by atoms with van der Waals surface area (Å²) in [5.74, 6) is 0.664. The topological polar surface area (TPSA) is 27.7 Å². The van der Waals surface area contributed by atoms with E-state index in [-0.39, 0.29) is 5.41 Å². The Balaban J connectivity index is 2.09. The van der Waals surface area contributed by atoms with Gasteiger partial charge in [0.25, 0.3) is 0 Å². The van der Waals surface area contributed by atoms with Gasteiger partial charge in [0.2, 0.25) is 0 Å². The molecular formula is C21H30O3. The molecule has 2 aliphatic carbocycles. The van der Waals surface area contributed by atoms with Gasteiger partial charge in [0.15, 0.2) is 0 Å². The summed E-state index contributed by atoms with van der Waals surface area (Å²) in [6.45, 7) is 1.88. The first-order valence-corrected chi connectivity index (χ1v) is 9.08. The zero-order valence-corrected chi connectivity index (χ0v) is 15.3. The molecule has 1 saturated carbocycles. The summed E-state index contributed by atoms with van der Waals surface area (Å²) in [7, 11) is 5.32. The van der Waals surface area contributed by atoms with Crippen LogP contribution in [0.15, 0.2) is 23.8 Å². The Kier molecular flexibility index (Phi) is 5.75. The van der Waals surface area contributed by atoms with Gasteiger partial charge in [-0.15, -0.1) is 0 Å². The van der Waals surface area contributed by atoms with Crippen LogP contribution in [-0.4, -0.2) is 41.2 Å². The number of methoxy groups -OCH3 is 3. The summed E-state index contributed by atoms with van der Waals surface area (Å²) in [6.07, 6.45) is 8.95. The average molecular weight is 330 g/mol. The molecular weight excluding hydrogens is 300 g/mol. The Bertz CT molecular complexity index is 579. The molecule has 0 saturated heterocycles. The lowest BCUT2D eigenvalue weighted by Crippen LogP contribution is -2.39. The molecule has 0 N–H and O–H groups in total. The Morgan fingerprint density at radius 3 is 2.29 bits per heavy atom. The summed E-state index contributed by atoms with van der Waals surface area (Å²) >= 11 is 0. The summed E-state index contributed by atoms with van der Waals surface area (Å²) in [5, 5.41) is 0. The summed E-state index contributed by atoms with van der Waals surface area (Å²) in [4.78, 5) is 0. The summed E-state index contributed by atoms with van der Waals surface area (Å²) in [5.41, 5.74) is 5.30. The van der Waals surface area contributed by atoms with Crippen molar-refractivity contribution < 1.29 is 14.2 Å². The first-order valence-electron chi connectivity index (χ1n) is 9.08. The molecule has 0 atom stereocenters. The zero-order chi connectivity index (χ0) is 17.0. The van der Waals surface area contributed by atoms with Crippen molar-refractivity contribution >= 4 is 6.08 Å². The first-order chi connectivity index (χ1) is 11.8. The lowest BCUT2D eigenvalue weighted by Gasteiger charge is -2.36. The van der Waals surface area contributed by atoms with Crippen LogP contribution < -0.4 is 0 Å². The van der Waals surface area contributed by atoms with Crippen molar-refractivity contribution in [2.24, 2.45) is 0 Å². The van der Waals surface area contributed by atoms with Crippen molar-refractivity contribution in [1.82, 2.24) is 0 Å². The van der Waals surface area contributed by atoms with E-state index in [1.807, 2.05) is 0 Å². The average Bonchev–Trinajstić information content (AvgIpc) is 2.90. The fourth-order valence-electron chi connectivity index (χ4n) is 4.70. The third kappa shape index (κ3) is 3.05. The van der Waals surface area contributed by atoms with Gasteiger partial charge in [-0.2, -0.15) is 0 Å². The van der Waals surface area contributed by atoms with Crippen molar-refractivity contribution in [2.75, 3.05) is 41.2 Å². The zero-order valence-electron chi connectivity index (χ0n) is 15.3. The van der Waals surface area contributed by atoms with Crippen LogP contribution in [-0.2, 0) is 19.6 Å². The van der Waals surface area contributed by atoms with Crippen molar-refractivity contribution in [3.8, 4) is 0 Å². The lowest BCUT2D eigenvalue weighted by atomic mass is 9.72. The lowest BCUT2D eigenvalue weighted by molar-refractivity contribution is 0.0697. The van der Waals surface area contributed by atoms with Crippen LogP contribution in [0, 0.1) is 0 Å². The van der Waals surface area contributed by atoms with E-state index in [1.165, 1.54) is 54.4 Å². The van der Waals surface area contributed by atoms with Gasteiger partial charge in [0.1, 0.15) is 0 Å². The van der Waals surface area contributed by atoms with Gasteiger partial charge in [0.05, 0.1) is 25.2 Å². The summed E-state index contributed by atoms with van der Waals surface area (Å²) < 4.78 is 16.9. The van der Waals surface area contributed by atoms with E-state index in [4.69, 9.17) is 14.2 Å². The maximum absolute atomic E-state index is 5.68. The van der Waals surface area contributed by atoms with Crippen molar-refractivity contribution in [1.29, 1.82) is 0 Å². The summed E-state index contributed by atoms with van der Waals surface area (Å²) in [6, 6.07) is 6.77. The monoisotopic (exact) mass is 330 g/mol. The molecule has 0 heterocycles. The molecule has 0 amide bonds. The molecule has 0 bridgehead atoms. The number of fused-ring (bicyclic) bond motifs is 1. The third-order valence-electron chi connectivity index (χ3n) is 5.68. The molecule has 0 radical (unpaired) electrons. The van der Waals surface area contributed by atoms with Gasteiger partial charge in [-0.1, -0.05) is 43.5 Å². The maximum Gasteiger partial charge on any atom is 0.0686 e. The molecule has 0 aliphatic heterocycles. The van der Waals surface area contributed by atoms with Crippen molar-refractivity contribution in [2.45, 2.75) is 43.4 Å². The largest absolute Gasteiger partial charge is 0.383 e. The molecule has 3 heteroatoms. The highest BCUT2D eigenvalue weighted by Crippen LogP contribution is 2.48. The van der Waals surface area contributed by atoms with Crippen LogP contribution in [0.3, 0.4) is 0 Å². The van der Waals surface area contributed by atoms with Crippen LogP contribution in [0.25, 0.3) is 6.08 Å². The van der Waals surface area contributed by atoms with Crippen LogP contribution in [0.5, 0.6) is 0 Å². The third-order valence-corrected chi connectivity index (χ3v) is 5.68. The molecule has 1 fully saturated rings. The SMILES string of the molecule is COCC1=Cc2cccc(C3CCCCC3)c2C1(COC)COC.